The number of nitrogens with zero attached hydrogens (tertiary/aromatic N) is 3. The van der Waals surface area contributed by atoms with E-state index in [0.29, 0.717) is 0 Å². The average Bonchev–Trinajstić information content (AvgIpc) is 3.22. The van der Waals surface area contributed by atoms with Crippen LogP contribution in [0.1, 0.15) is 10.6 Å². The number of rotatable bonds is 4. The van der Waals surface area contributed by atoms with Gasteiger partial charge in [-0.05, 0) is 38.1 Å². The summed E-state index contributed by atoms with van der Waals surface area (Å²) in [6.45, 7) is 4.09. The normalized spacial score (nSPS) is 10.8. The molecule has 0 fully saturated rings. The van der Waals surface area contributed by atoms with E-state index in [4.69, 9.17) is 4.98 Å². The van der Waals surface area contributed by atoms with Crippen molar-refractivity contribution >= 4 is 22.2 Å². The Morgan fingerprint density at radius 2 is 1.72 bits per heavy atom. The van der Waals surface area contributed by atoms with Gasteiger partial charge >= 0.3 is 0 Å². The van der Waals surface area contributed by atoms with E-state index in [1.807, 2.05) is 42.2 Å². The maximum absolute atomic E-state index is 4.75. The molecule has 0 amide bonds. The third kappa shape index (κ3) is 3.32. The minimum atomic E-state index is 0.905. The smallest absolute Gasteiger partial charge is 0.187 e. The van der Waals surface area contributed by atoms with Crippen molar-refractivity contribution in [1.29, 1.82) is 0 Å². The molecule has 0 saturated heterocycles. The van der Waals surface area contributed by atoms with E-state index in [9.17, 15) is 0 Å². The lowest BCUT2D eigenvalue weighted by Gasteiger charge is -2.05. The minimum Gasteiger partial charge on any atom is -0.332 e. The molecule has 2 aromatic heterocycles. The topological polar surface area (TPSA) is 42.7 Å². The van der Waals surface area contributed by atoms with Crippen LogP contribution in [0.2, 0.25) is 0 Å². The first kappa shape index (κ1) is 15.6. The van der Waals surface area contributed by atoms with E-state index in [2.05, 4.69) is 53.6 Å². The van der Waals surface area contributed by atoms with Crippen molar-refractivity contribution in [2.45, 2.75) is 13.8 Å². The van der Waals surface area contributed by atoms with Crippen LogP contribution in [0.3, 0.4) is 0 Å². The number of hydrogen-bond acceptors (Lipinski definition) is 4. The highest BCUT2D eigenvalue weighted by Gasteiger charge is 2.09. The van der Waals surface area contributed by atoms with Gasteiger partial charge in [0.15, 0.2) is 5.13 Å². The number of benzene rings is 2. The molecule has 0 radical (unpaired) electrons. The molecule has 2 heterocycles. The lowest BCUT2D eigenvalue weighted by Crippen LogP contribution is -1.92. The molecular weight excluding hydrogens is 328 g/mol. The van der Waals surface area contributed by atoms with E-state index in [0.717, 1.165) is 33.5 Å². The SMILES string of the molecule is Cc1cn(-c2ccc(Nc3nc(-c4ccccc4)c(C)s3)cc2)cn1. The first-order valence-corrected chi connectivity index (χ1v) is 8.91. The summed E-state index contributed by atoms with van der Waals surface area (Å²) < 4.78 is 2.01. The zero-order valence-electron chi connectivity index (χ0n) is 14.1. The van der Waals surface area contributed by atoms with Crippen LogP contribution in [0.4, 0.5) is 10.8 Å². The van der Waals surface area contributed by atoms with Crippen LogP contribution in [0, 0.1) is 13.8 Å². The van der Waals surface area contributed by atoms with Crippen molar-refractivity contribution in [3.05, 3.63) is 77.7 Å². The quantitative estimate of drug-likeness (QED) is 0.541. The summed E-state index contributed by atoms with van der Waals surface area (Å²) in [5.41, 5.74) is 5.31. The van der Waals surface area contributed by atoms with Crippen molar-refractivity contribution in [2.75, 3.05) is 5.32 Å². The maximum atomic E-state index is 4.75. The summed E-state index contributed by atoms with van der Waals surface area (Å²) in [4.78, 5) is 10.2. The van der Waals surface area contributed by atoms with Crippen LogP contribution in [0.5, 0.6) is 0 Å². The van der Waals surface area contributed by atoms with Gasteiger partial charge in [0, 0.05) is 28.0 Å². The Morgan fingerprint density at radius 3 is 2.40 bits per heavy atom. The van der Waals surface area contributed by atoms with Crippen LogP contribution >= 0.6 is 11.3 Å². The molecule has 0 unspecified atom stereocenters. The lowest BCUT2D eigenvalue weighted by atomic mass is 10.1. The molecule has 0 aliphatic carbocycles. The molecule has 0 saturated carbocycles. The van der Waals surface area contributed by atoms with Crippen molar-refractivity contribution < 1.29 is 0 Å². The molecule has 0 spiro atoms. The molecule has 4 rings (SSSR count). The standard InChI is InChI=1S/C20H18N4S/c1-14-12-24(13-21-14)18-10-8-17(9-11-18)22-20-23-19(15(2)25-20)16-6-4-3-5-7-16/h3-13H,1-2H3,(H,22,23). The molecular formula is C20H18N4S. The van der Waals surface area contributed by atoms with Gasteiger partial charge in [-0.25, -0.2) is 9.97 Å². The van der Waals surface area contributed by atoms with Gasteiger partial charge in [-0.2, -0.15) is 0 Å². The summed E-state index contributed by atoms with van der Waals surface area (Å²) in [5, 5.41) is 4.31. The third-order valence-corrected chi connectivity index (χ3v) is 4.86. The average molecular weight is 346 g/mol. The van der Waals surface area contributed by atoms with E-state index in [-0.39, 0.29) is 0 Å². The zero-order chi connectivity index (χ0) is 17.2. The highest BCUT2D eigenvalue weighted by atomic mass is 32.1. The molecule has 0 aliphatic heterocycles. The first-order valence-electron chi connectivity index (χ1n) is 8.10. The fraction of sp³-hybridized carbons (Fsp3) is 0.100. The number of nitrogens with one attached hydrogen (secondary N) is 1. The van der Waals surface area contributed by atoms with Gasteiger partial charge in [0.2, 0.25) is 0 Å². The van der Waals surface area contributed by atoms with E-state index in [1.54, 1.807) is 11.3 Å². The predicted molar refractivity (Wildman–Crippen MR) is 104 cm³/mol. The number of hydrogen-bond donors (Lipinski definition) is 1. The lowest BCUT2D eigenvalue weighted by molar-refractivity contribution is 1.06. The summed E-state index contributed by atoms with van der Waals surface area (Å²) in [5.74, 6) is 0. The first-order chi connectivity index (χ1) is 12.2. The number of anilines is 2. The molecule has 4 aromatic rings. The van der Waals surface area contributed by atoms with Crippen molar-refractivity contribution in [3.8, 4) is 16.9 Å². The molecule has 0 aliphatic rings. The van der Waals surface area contributed by atoms with Crippen LogP contribution in [-0.4, -0.2) is 14.5 Å². The second-order valence-corrected chi connectivity index (χ2v) is 7.09. The number of aromatic nitrogens is 3. The Balaban J connectivity index is 1.55. The Kier molecular flexibility index (Phi) is 4.07. The summed E-state index contributed by atoms with van der Waals surface area (Å²) >= 11 is 1.67. The Labute approximate surface area is 150 Å². The van der Waals surface area contributed by atoms with Crippen molar-refractivity contribution in [2.24, 2.45) is 0 Å². The van der Waals surface area contributed by atoms with Crippen molar-refractivity contribution in [1.82, 2.24) is 14.5 Å². The Hall–Kier alpha value is -2.92. The highest BCUT2D eigenvalue weighted by Crippen LogP contribution is 2.31. The Bertz CT molecular complexity index is 984. The molecule has 25 heavy (non-hydrogen) atoms. The van der Waals surface area contributed by atoms with Crippen LogP contribution in [-0.2, 0) is 0 Å². The molecule has 4 nitrogen and oxygen atoms in total. The minimum absolute atomic E-state index is 0.905. The third-order valence-electron chi connectivity index (χ3n) is 3.97. The zero-order valence-corrected chi connectivity index (χ0v) is 14.9. The van der Waals surface area contributed by atoms with Crippen molar-refractivity contribution in [3.63, 3.8) is 0 Å². The van der Waals surface area contributed by atoms with Gasteiger partial charge in [-0.3, -0.25) is 0 Å². The fourth-order valence-corrected chi connectivity index (χ4v) is 3.57. The summed E-state index contributed by atoms with van der Waals surface area (Å²) in [6.07, 6.45) is 3.84. The number of thiazole rings is 1. The van der Waals surface area contributed by atoms with Crippen LogP contribution < -0.4 is 5.32 Å². The predicted octanol–water partition coefficient (Wildman–Crippen LogP) is 5.36. The van der Waals surface area contributed by atoms with E-state index >= 15 is 0 Å². The van der Waals surface area contributed by atoms with Gasteiger partial charge in [0.05, 0.1) is 17.7 Å². The second-order valence-electron chi connectivity index (χ2n) is 5.88. The number of imidazole rings is 1. The molecule has 0 atom stereocenters. The van der Waals surface area contributed by atoms with Gasteiger partial charge in [0.25, 0.3) is 0 Å². The molecule has 5 heteroatoms. The fourth-order valence-electron chi connectivity index (χ4n) is 2.72. The van der Waals surface area contributed by atoms with Crippen LogP contribution in [0.15, 0.2) is 67.1 Å². The highest BCUT2D eigenvalue weighted by molar-refractivity contribution is 7.16. The molecule has 1 N–H and O–H groups in total. The van der Waals surface area contributed by atoms with Gasteiger partial charge < -0.3 is 9.88 Å². The molecule has 124 valence electrons. The summed E-state index contributed by atoms with van der Waals surface area (Å²) in [6, 6.07) is 18.5. The monoisotopic (exact) mass is 346 g/mol. The van der Waals surface area contributed by atoms with E-state index < -0.39 is 0 Å². The second kappa shape index (κ2) is 6.53. The number of aryl methyl sites for hydroxylation is 2. The molecule has 0 bridgehead atoms. The maximum Gasteiger partial charge on any atom is 0.187 e. The van der Waals surface area contributed by atoms with Gasteiger partial charge in [-0.1, -0.05) is 30.3 Å². The van der Waals surface area contributed by atoms with Crippen LogP contribution in [0.25, 0.3) is 16.9 Å². The molecule has 2 aromatic carbocycles. The van der Waals surface area contributed by atoms with E-state index in [1.165, 1.54) is 4.88 Å². The van der Waals surface area contributed by atoms with Gasteiger partial charge in [-0.15, -0.1) is 11.3 Å². The largest absolute Gasteiger partial charge is 0.332 e. The summed E-state index contributed by atoms with van der Waals surface area (Å²) in [7, 11) is 0. The van der Waals surface area contributed by atoms with Gasteiger partial charge in [0.1, 0.15) is 0 Å². The Morgan fingerprint density at radius 1 is 0.960 bits per heavy atom.